The molecule has 26 heavy (non-hydrogen) atoms. The van der Waals surface area contributed by atoms with Crippen molar-refractivity contribution in [3.05, 3.63) is 70.5 Å². The molecule has 1 amide bonds. The third-order valence-corrected chi connectivity index (χ3v) is 4.59. The van der Waals surface area contributed by atoms with Gasteiger partial charge >= 0.3 is 0 Å². The Kier molecular flexibility index (Phi) is 5.28. The van der Waals surface area contributed by atoms with Crippen molar-refractivity contribution in [1.82, 2.24) is 9.78 Å². The van der Waals surface area contributed by atoms with E-state index in [1.807, 2.05) is 74.0 Å². The van der Waals surface area contributed by atoms with E-state index in [0.717, 1.165) is 34.0 Å². The van der Waals surface area contributed by atoms with E-state index in [1.54, 1.807) is 0 Å². The molecule has 0 bridgehead atoms. The summed E-state index contributed by atoms with van der Waals surface area (Å²) < 4.78 is 1.83. The van der Waals surface area contributed by atoms with Crippen molar-refractivity contribution in [2.75, 3.05) is 17.2 Å². The van der Waals surface area contributed by atoms with Gasteiger partial charge in [0, 0.05) is 10.7 Å². The minimum Gasteiger partial charge on any atom is -0.376 e. The van der Waals surface area contributed by atoms with Crippen LogP contribution in [0, 0.1) is 20.8 Å². The van der Waals surface area contributed by atoms with Crippen molar-refractivity contribution in [2.24, 2.45) is 0 Å². The second kappa shape index (κ2) is 7.62. The van der Waals surface area contributed by atoms with Crippen molar-refractivity contribution in [2.45, 2.75) is 20.8 Å². The highest BCUT2D eigenvalue weighted by atomic mass is 35.5. The molecular weight excluding hydrogens is 348 g/mol. The van der Waals surface area contributed by atoms with Gasteiger partial charge in [0.1, 0.15) is 0 Å². The third kappa shape index (κ3) is 3.89. The molecule has 0 saturated carbocycles. The molecule has 0 aliphatic heterocycles. The van der Waals surface area contributed by atoms with Crippen molar-refractivity contribution < 1.29 is 4.79 Å². The molecule has 3 rings (SSSR count). The molecule has 0 fully saturated rings. The van der Waals surface area contributed by atoms with Crippen molar-refractivity contribution in [3.63, 3.8) is 0 Å². The Hall–Kier alpha value is -2.79. The fourth-order valence-electron chi connectivity index (χ4n) is 2.71. The predicted octanol–water partition coefficient (Wildman–Crippen LogP) is 4.50. The number of hydrogen-bond donors (Lipinski definition) is 2. The SMILES string of the molecule is Cc1ccc(NCC(=O)Nc2c(C)nn(-c3ccccc3)c2C)cc1Cl. The van der Waals surface area contributed by atoms with E-state index >= 15 is 0 Å². The Morgan fingerprint density at radius 2 is 1.85 bits per heavy atom. The average molecular weight is 369 g/mol. The number of carbonyl (C=O) groups is 1. The summed E-state index contributed by atoms with van der Waals surface area (Å²) in [6.45, 7) is 5.91. The number of para-hydroxylation sites is 1. The normalized spacial score (nSPS) is 10.6. The van der Waals surface area contributed by atoms with Gasteiger partial charge in [0.15, 0.2) is 0 Å². The lowest BCUT2D eigenvalue weighted by Crippen LogP contribution is -2.22. The van der Waals surface area contributed by atoms with E-state index in [2.05, 4.69) is 15.7 Å². The number of anilines is 2. The molecule has 134 valence electrons. The molecule has 0 saturated heterocycles. The van der Waals surface area contributed by atoms with Crippen LogP contribution in [0.15, 0.2) is 48.5 Å². The van der Waals surface area contributed by atoms with E-state index in [1.165, 1.54) is 0 Å². The first kappa shape index (κ1) is 18.0. The minimum atomic E-state index is -0.138. The lowest BCUT2D eigenvalue weighted by atomic mass is 10.2. The Bertz CT molecular complexity index is 934. The molecule has 0 aliphatic carbocycles. The summed E-state index contributed by atoms with van der Waals surface area (Å²) in [4.78, 5) is 12.3. The number of aryl methyl sites for hydroxylation is 2. The topological polar surface area (TPSA) is 59.0 Å². The summed E-state index contributed by atoms with van der Waals surface area (Å²) in [5.41, 5.74) is 5.17. The van der Waals surface area contributed by atoms with E-state index in [0.29, 0.717) is 5.02 Å². The molecule has 5 nitrogen and oxygen atoms in total. The van der Waals surface area contributed by atoms with E-state index in [-0.39, 0.29) is 12.5 Å². The number of aromatic nitrogens is 2. The Morgan fingerprint density at radius 1 is 1.12 bits per heavy atom. The van der Waals surface area contributed by atoms with Crippen LogP contribution < -0.4 is 10.6 Å². The maximum atomic E-state index is 12.3. The van der Waals surface area contributed by atoms with Crippen LogP contribution in [0.2, 0.25) is 5.02 Å². The molecule has 0 spiro atoms. The van der Waals surface area contributed by atoms with Crippen LogP contribution in [-0.2, 0) is 4.79 Å². The lowest BCUT2D eigenvalue weighted by molar-refractivity contribution is -0.114. The number of halogens is 1. The number of rotatable bonds is 5. The molecule has 0 atom stereocenters. The summed E-state index contributed by atoms with van der Waals surface area (Å²) in [5, 5.41) is 11.2. The van der Waals surface area contributed by atoms with Crippen LogP contribution in [-0.4, -0.2) is 22.2 Å². The predicted molar refractivity (Wildman–Crippen MR) is 106 cm³/mol. The van der Waals surface area contributed by atoms with Gasteiger partial charge < -0.3 is 10.6 Å². The van der Waals surface area contributed by atoms with Crippen molar-refractivity contribution >= 4 is 28.9 Å². The first-order valence-electron chi connectivity index (χ1n) is 8.37. The van der Waals surface area contributed by atoms with E-state index < -0.39 is 0 Å². The Labute approximate surface area is 158 Å². The largest absolute Gasteiger partial charge is 0.376 e. The third-order valence-electron chi connectivity index (χ3n) is 4.18. The van der Waals surface area contributed by atoms with Gasteiger partial charge in [-0.15, -0.1) is 0 Å². The molecule has 1 aromatic heterocycles. The fraction of sp³-hybridized carbons (Fsp3) is 0.200. The maximum absolute atomic E-state index is 12.3. The van der Waals surface area contributed by atoms with Crippen LogP contribution in [0.3, 0.4) is 0 Å². The van der Waals surface area contributed by atoms with E-state index in [9.17, 15) is 4.79 Å². The van der Waals surface area contributed by atoms with Gasteiger partial charge in [-0.1, -0.05) is 35.9 Å². The molecule has 1 heterocycles. The van der Waals surface area contributed by atoms with Gasteiger partial charge in [-0.3, -0.25) is 4.79 Å². The standard InChI is InChI=1S/C20H21ClN4O/c1-13-9-10-16(11-18(13)21)22-12-19(26)23-20-14(2)24-25(15(20)3)17-7-5-4-6-8-17/h4-11,22H,12H2,1-3H3,(H,23,26). The quantitative estimate of drug-likeness (QED) is 0.697. The fourth-order valence-corrected chi connectivity index (χ4v) is 2.89. The molecule has 3 aromatic rings. The summed E-state index contributed by atoms with van der Waals surface area (Å²) in [7, 11) is 0. The number of benzene rings is 2. The van der Waals surface area contributed by atoms with Crippen LogP contribution in [0.4, 0.5) is 11.4 Å². The summed E-state index contributed by atoms with van der Waals surface area (Å²) >= 11 is 6.11. The number of nitrogens with zero attached hydrogens (tertiary/aromatic N) is 2. The molecule has 2 N–H and O–H groups in total. The van der Waals surface area contributed by atoms with Gasteiger partial charge in [0.05, 0.1) is 29.3 Å². The number of amides is 1. The van der Waals surface area contributed by atoms with Crippen molar-refractivity contribution in [1.29, 1.82) is 0 Å². The molecular formula is C20H21ClN4O. The highest BCUT2D eigenvalue weighted by molar-refractivity contribution is 6.31. The number of carbonyl (C=O) groups excluding carboxylic acids is 1. The van der Waals surface area contributed by atoms with Crippen LogP contribution in [0.25, 0.3) is 5.69 Å². The Balaban J connectivity index is 1.69. The second-order valence-electron chi connectivity index (χ2n) is 6.16. The van der Waals surface area contributed by atoms with Crippen LogP contribution >= 0.6 is 11.6 Å². The van der Waals surface area contributed by atoms with Crippen molar-refractivity contribution in [3.8, 4) is 5.69 Å². The maximum Gasteiger partial charge on any atom is 0.243 e. The molecule has 0 unspecified atom stereocenters. The Morgan fingerprint density at radius 3 is 2.54 bits per heavy atom. The van der Waals surface area contributed by atoms with Gasteiger partial charge in [-0.25, -0.2) is 4.68 Å². The number of hydrogen-bond acceptors (Lipinski definition) is 3. The summed E-state index contributed by atoms with van der Waals surface area (Å²) in [6.07, 6.45) is 0. The zero-order chi connectivity index (χ0) is 18.7. The monoisotopic (exact) mass is 368 g/mol. The lowest BCUT2D eigenvalue weighted by Gasteiger charge is -2.09. The second-order valence-corrected chi connectivity index (χ2v) is 6.57. The molecule has 0 aliphatic rings. The summed E-state index contributed by atoms with van der Waals surface area (Å²) in [5.74, 6) is -0.138. The number of nitrogens with one attached hydrogen (secondary N) is 2. The first-order chi connectivity index (χ1) is 12.5. The van der Waals surface area contributed by atoms with Gasteiger partial charge in [-0.2, -0.15) is 5.10 Å². The molecule has 2 aromatic carbocycles. The van der Waals surface area contributed by atoms with Crippen LogP contribution in [0.1, 0.15) is 17.0 Å². The molecule has 6 heteroatoms. The molecule has 0 radical (unpaired) electrons. The average Bonchev–Trinajstić information content (AvgIpc) is 2.91. The van der Waals surface area contributed by atoms with Gasteiger partial charge in [0.2, 0.25) is 5.91 Å². The smallest absolute Gasteiger partial charge is 0.243 e. The van der Waals surface area contributed by atoms with Gasteiger partial charge in [-0.05, 0) is 50.6 Å². The van der Waals surface area contributed by atoms with Crippen LogP contribution in [0.5, 0.6) is 0 Å². The minimum absolute atomic E-state index is 0.138. The van der Waals surface area contributed by atoms with E-state index in [4.69, 9.17) is 11.6 Å². The zero-order valence-electron chi connectivity index (χ0n) is 15.0. The van der Waals surface area contributed by atoms with Gasteiger partial charge in [0.25, 0.3) is 0 Å². The highest BCUT2D eigenvalue weighted by Crippen LogP contribution is 2.23. The highest BCUT2D eigenvalue weighted by Gasteiger charge is 2.15. The first-order valence-corrected chi connectivity index (χ1v) is 8.75. The summed E-state index contributed by atoms with van der Waals surface area (Å²) in [6, 6.07) is 15.5. The zero-order valence-corrected chi connectivity index (χ0v) is 15.8.